The molecule has 4 aliphatic rings. The Bertz CT molecular complexity index is 2520. The monoisotopic (exact) mass is 1350 g/mol. The molecule has 6 aromatic carbocycles. The molecule has 0 amide bonds. The predicted molar refractivity (Wildman–Crippen MR) is 300 cm³/mol. The van der Waals surface area contributed by atoms with Crippen molar-refractivity contribution in [2.24, 2.45) is 0 Å². The van der Waals surface area contributed by atoms with Crippen LogP contribution in [0.5, 0.6) is 0 Å². The Hall–Kier alpha value is -4.01. The van der Waals surface area contributed by atoms with Crippen LogP contribution in [0.3, 0.4) is 0 Å². The van der Waals surface area contributed by atoms with Gasteiger partial charge in [-0.3, -0.25) is 0 Å². The van der Waals surface area contributed by atoms with E-state index in [4.69, 9.17) is 0 Å². The number of rotatable bonds is 10. The van der Waals surface area contributed by atoms with Crippen LogP contribution >= 0.6 is 0 Å². The van der Waals surface area contributed by atoms with Gasteiger partial charge in [-0.2, -0.15) is 70.9 Å². The molecular formula is C66H68Cl2Hf2Si2-2. The zero-order chi connectivity index (χ0) is 49.8. The largest absolute Gasteiger partial charge is 1.00 e. The second-order valence-corrected chi connectivity index (χ2v) is 36.8. The Morgan fingerprint density at radius 3 is 0.750 bits per heavy atom. The summed E-state index contributed by atoms with van der Waals surface area (Å²) in [5.74, 6) is 0. The van der Waals surface area contributed by atoms with Crippen LogP contribution in [0.4, 0.5) is 0 Å². The SMILES string of the molecule is CCc1cccc(C2=[C-]CC=C2)c1.CCc1cccc(C2=[C-]CC=C2)c1.CCc1cccc(C2=[C-]CC=C2)c1.CCc1cccc(C2=[C-]CC=C2)c1.C[Si](=[Hf+2])c1ccccc1.C[Si](=[Hf+2])c1ccccc1.[Cl-].[Cl-]. The molecule has 4 aliphatic carbocycles. The van der Waals surface area contributed by atoms with Crippen molar-refractivity contribution in [3.63, 3.8) is 0 Å². The zero-order valence-corrected chi connectivity index (χ0v) is 53.7. The summed E-state index contributed by atoms with van der Waals surface area (Å²) in [7, 11) is 0. The maximum Gasteiger partial charge on any atom is -1.00 e. The Labute approximate surface area is 477 Å². The molecule has 0 spiro atoms. The standard InChI is InChI=1S/4C13H13.2C7H8Si.2ClH.2Hf/c4*1-2-11-6-5-9-13(10-11)12-7-3-4-8-12;2*1-8-7-5-3-2-4-6-7;;;;/h4*3,5-7,9-10H,2,4H2,1H3;2*2-6H,1H3;2*1H;;/q4*-1;;;;;2*+2/p-2. The summed E-state index contributed by atoms with van der Waals surface area (Å²) in [5, 5.41) is 3.16. The van der Waals surface area contributed by atoms with Crippen molar-refractivity contribution in [1.82, 2.24) is 0 Å². The van der Waals surface area contributed by atoms with Crippen molar-refractivity contribution in [3.05, 3.63) is 275 Å². The second kappa shape index (κ2) is 36.0. The van der Waals surface area contributed by atoms with Crippen molar-refractivity contribution in [3.8, 4) is 0 Å². The molecule has 0 aliphatic heterocycles. The van der Waals surface area contributed by atoms with E-state index in [-0.39, 0.29) is 35.8 Å². The maximum atomic E-state index is 3.33. The summed E-state index contributed by atoms with van der Waals surface area (Å²) < 4.78 is 0. The Morgan fingerprint density at radius 2 is 0.583 bits per heavy atom. The third-order valence-electron chi connectivity index (χ3n) is 11.8. The van der Waals surface area contributed by atoms with Gasteiger partial charge in [0.2, 0.25) is 0 Å². The molecule has 0 radical (unpaired) electrons. The van der Waals surface area contributed by atoms with Gasteiger partial charge >= 0.3 is 141 Å². The first-order valence-corrected chi connectivity index (χ1v) is 39.7. The van der Waals surface area contributed by atoms with E-state index in [0.29, 0.717) is 0 Å². The first-order valence-electron chi connectivity index (χ1n) is 24.9. The molecule has 6 aromatic rings. The minimum atomic E-state index is -0.0733. The number of allylic oxidation sites excluding steroid dienone is 16. The molecule has 0 aromatic heterocycles. The Morgan fingerprint density at radius 1 is 0.347 bits per heavy atom. The van der Waals surface area contributed by atoms with Crippen LogP contribution < -0.4 is 35.2 Å². The molecule has 0 fully saturated rings. The molecule has 0 heterocycles. The fourth-order valence-electron chi connectivity index (χ4n) is 7.62. The van der Waals surface area contributed by atoms with Crippen LogP contribution in [-0.2, 0) is 71.7 Å². The normalized spacial score (nSPS) is 12.9. The number of hydrogen-bond donors (Lipinski definition) is 0. The third-order valence-corrected chi connectivity index (χ3v) is 20.4. The number of halogens is 2. The van der Waals surface area contributed by atoms with Gasteiger partial charge in [0.25, 0.3) is 0 Å². The van der Waals surface area contributed by atoms with E-state index in [9.17, 15) is 0 Å². The van der Waals surface area contributed by atoms with E-state index in [1.54, 1.807) is 10.4 Å². The van der Waals surface area contributed by atoms with Crippen molar-refractivity contribution < 1.29 is 70.8 Å². The van der Waals surface area contributed by atoms with Gasteiger partial charge in [-0.15, -0.1) is 95.1 Å². The van der Waals surface area contributed by atoms with Gasteiger partial charge in [0.1, 0.15) is 0 Å². The van der Waals surface area contributed by atoms with E-state index >= 15 is 0 Å². The summed E-state index contributed by atoms with van der Waals surface area (Å²) in [6.45, 7) is 13.5. The van der Waals surface area contributed by atoms with E-state index in [0.717, 1.165) is 51.4 Å². The van der Waals surface area contributed by atoms with Crippen molar-refractivity contribution in [2.45, 2.75) is 92.2 Å². The van der Waals surface area contributed by atoms with Gasteiger partial charge < -0.3 is 24.8 Å². The van der Waals surface area contributed by atoms with Crippen LogP contribution in [0.25, 0.3) is 22.3 Å². The average molecular weight is 1350 g/mol. The molecule has 0 N–H and O–H groups in total. The minimum absolute atomic E-state index is 0. The van der Waals surface area contributed by atoms with Gasteiger partial charge in [-0.25, -0.2) is 0 Å². The second-order valence-electron chi connectivity index (χ2n) is 17.0. The molecule has 0 atom stereocenters. The summed E-state index contributed by atoms with van der Waals surface area (Å²) in [6.07, 6.45) is 38.8. The molecule has 0 unspecified atom stereocenters. The predicted octanol–water partition coefficient (Wildman–Crippen LogP) is 9.71. The minimum Gasteiger partial charge on any atom is -1.00 e. The van der Waals surface area contributed by atoms with Crippen LogP contribution in [0, 0.1) is 24.3 Å². The maximum absolute atomic E-state index is 3.33. The average Bonchev–Trinajstić information content (AvgIpc) is 4.30. The summed E-state index contributed by atoms with van der Waals surface area (Å²) >= 11 is 2.72. The quantitative estimate of drug-likeness (QED) is 0.0948. The molecule has 364 valence electrons. The van der Waals surface area contributed by atoms with Crippen LogP contribution in [-0.4, -0.2) is 11.0 Å². The fourth-order valence-corrected chi connectivity index (χ4v) is 12.6. The van der Waals surface area contributed by atoms with Crippen LogP contribution in [0.1, 0.15) is 97.9 Å². The van der Waals surface area contributed by atoms with E-state index in [1.165, 1.54) is 113 Å². The van der Waals surface area contributed by atoms with E-state index in [1.807, 2.05) is 0 Å². The number of benzene rings is 6. The molecule has 0 bridgehead atoms. The molecule has 0 saturated carbocycles. The van der Waals surface area contributed by atoms with Crippen molar-refractivity contribution in [1.29, 1.82) is 0 Å². The Kier molecular flexibility index (Phi) is 31.2. The molecule has 72 heavy (non-hydrogen) atoms. The van der Waals surface area contributed by atoms with Gasteiger partial charge in [0.05, 0.1) is 0 Å². The van der Waals surface area contributed by atoms with Crippen LogP contribution in [0.15, 0.2) is 206 Å². The number of aryl methyl sites for hydroxylation is 4. The topological polar surface area (TPSA) is 0 Å². The molecule has 10 rings (SSSR count). The molecule has 6 heteroatoms. The Balaban J connectivity index is 0.000000228. The van der Waals surface area contributed by atoms with Crippen molar-refractivity contribution >= 4 is 43.7 Å². The summed E-state index contributed by atoms with van der Waals surface area (Å²) in [5.41, 5.74) is 15.6. The summed E-state index contributed by atoms with van der Waals surface area (Å²) in [6, 6.07) is 56.4. The first kappa shape index (κ1) is 62.3. The van der Waals surface area contributed by atoms with Crippen LogP contribution in [0.2, 0.25) is 13.1 Å². The van der Waals surface area contributed by atoms with Gasteiger partial charge in [-0.05, 0) is 25.7 Å². The number of hydrogen-bond acceptors (Lipinski definition) is 0. The van der Waals surface area contributed by atoms with E-state index in [2.05, 4.69) is 271 Å². The molecule has 0 saturated heterocycles. The molecular weight excluding hydrogens is 1280 g/mol. The summed E-state index contributed by atoms with van der Waals surface area (Å²) in [4.78, 5) is 0. The first-order chi connectivity index (χ1) is 34.2. The van der Waals surface area contributed by atoms with Gasteiger partial charge in [-0.1, -0.05) is 124 Å². The van der Waals surface area contributed by atoms with E-state index < -0.39 is 0 Å². The zero-order valence-electron chi connectivity index (χ0n) is 43.0. The fraction of sp³-hybridized carbons (Fsp3) is 0.212. The van der Waals surface area contributed by atoms with Gasteiger partial charge in [0, 0.05) is 0 Å². The smallest absolute Gasteiger partial charge is 1.00 e. The van der Waals surface area contributed by atoms with Gasteiger partial charge in [0.15, 0.2) is 0 Å². The third kappa shape index (κ3) is 22.2. The van der Waals surface area contributed by atoms with Crippen molar-refractivity contribution in [2.75, 3.05) is 0 Å². The molecule has 0 nitrogen and oxygen atoms in total.